The fraction of sp³-hybridized carbons (Fsp3) is 0.105. The van der Waals surface area contributed by atoms with Gasteiger partial charge in [0.15, 0.2) is 0 Å². The van der Waals surface area contributed by atoms with Gasteiger partial charge < -0.3 is 14.3 Å². The van der Waals surface area contributed by atoms with Crippen LogP contribution in [-0.4, -0.2) is 15.4 Å². The first kappa shape index (κ1) is 17.8. The smallest absolute Gasteiger partial charge is 0.416 e. The molecule has 0 saturated heterocycles. The highest BCUT2D eigenvalue weighted by atomic mass is 19.4. The molecule has 0 fully saturated rings. The van der Waals surface area contributed by atoms with Crippen LogP contribution in [-0.2, 0) is 6.18 Å². The molecule has 0 bridgehead atoms. The third-order valence-corrected chi connectivity index (χ3v) is 4.05. The average molecular weight is 386 g/mol. The van der Waals surface area contributed by atoms with Crippen LogP contribution in [0.15, 0.2) is 63.7 Å². The van der Waals surface area contributed by atoms with Gasteiger partial charge in [0.2, 0.25) is 5.89 Å². The number of alkyl halides is 3. The summed E-state index contributed by atoms with van der Waals surface area (Å²) in [4.78, 5) is 0. The van der Waals surface area contributed by atoms with Crippen LogP contribution >= 0.6 is 0 Å². The number of hydrogen-bond donors (Lipinski definition) is 1. The first-order valence-corrected chi connectivity index (χ1v) is 8.20. The lowest BCUT2D eigenvalue weighted by Gasteiger charge is -2.11. The maximum atomic E-state index is 12.7. The predicted octanol–water partition coefficient (Wildman–Crippen LogP) is 5.46. The molecule has 2 heterocycles. The summed E-state index contributed by atoms with van der Waals surface area (Å²) < 4.78 is 48.9. The maximum absolute atomic E-state index is 12.7. The standard InChI is InChI=1S/C19H13F3N4O2/c1-11-15(10-23-28-11)18-26-25-17(27-18)14-4-2-3-5-16(14)24-13-8-6-12(7-9-13)19(20,21)22/h2-10,24H,1H3. The molecule has 28 heavy (non-hydrogen) atoms. The third-order valence-electron chi connectivity index (χ3n) is 4.05. The highest BCUT2D eigenvalue weighted by Gasteiger charge is 2.30. The zero-order valence-corrected chi connectivity index (χ0v) is 14.5. The van der Waals surface area contributed by atoms with Crippen LogP contribution in [0.4, 0.5) is 24.5 Å². The van der Waals surface area contributed by atoms with Crippen molar-refractivity contribution >= 4 is 11.4 Å². The zero-order valence-electron chi connectivity index (χ0n) is 14.5. The fourth-order valence-corrected chi connectivity index (χ4v) is 2.62. The number of halogens is 3. The molecule has 0 saturated carbocycles. The summed E-state index contributed by atoms with van der Waals surface area (Å²) in [5.41, 5.74) is 1.59. The van der Waals surface area contributed by atoms with Crippen molar-refractivity contribution in [2.45, 2.75) is 13.1 Å². The maximum Gasteiger partial charge on any atom is 0.416 e. The van der Waals surface area contributed by atoms with Crippen LogP contribution in [0.25, 0.3) is 22.9 Å². The van der Waals surface area contributed by atoms with Crippen molar-refractivity contribution in [3.05, 3.63) is 66.1 Å². The van der Waals surface area contributed by atoms with Gasteiger partial charge in [0.05, 0.1) is 23.0 Å². The molecule has 0 spiro atoms. The molecule has 142 valence electrons. The minimum absolute atomic E-state index is 0.255. The van der Waals surface area contributed by atoms with E-state index in [4.69, 9.17) is 8.94 Å². The number of aromatic nitrogens is 3. The van der Waals surface area contributed by atoms with E-state index in [0.717, 1.165) is 12.1 Å². The molecule has 9 heteroatoms. The van der Waals surface area contributed by atoms with Gasteiger partial charge in [-0.2, -0.15) is 13.2 Å². The van der Waals surface area contributed by atoms with E-state index in [0.29, 0.717) is 28.3 Å². The van der Waals surface area contributed by atoms with Crippen molar-refractivity contribution in [1.29, 1.82) is 0 Å². The van der Waals surface area contributed by atoms with E-state index in [9.17, 15) is 13.2 Å². The molecular formula is C19H13F3N4O2. The highest BCUT2D eigenvalue weighted by Crippen LogP contribution is 2.33. The van der Waals surface area contributed by atoms with Crippen molar-refractivity contribution in [3.63, 3.8) is 0 Å². The van der Waals surface area contributed by atoms with E-state index < -0.39 is 11.7 Å². The number of benzene rings is 2. The van der Waals surface area contributed by atoms with Crippen molar-refractivity contribution < 1.29 is 22.1 Å². The van der Waals surface area contributed by atoms with Gasteiger partial charge in [-0.1, -0.05) is 17.3 Å². The van der Waals surface area contributed by atoms with E-state index in [1.807, 2.05) is 0 Å². The van der Waals surface area contributed by atoms with Crippen LogP contribution in [0.3, 0.4) is 0 Å². The Labute approximate surface area is 157 Å². The predicted molar refractivity (Wildman–Crippen MR) is 94.7 cm³/mol. The molecule has 2 aromatic heterocycles. The Hall–Kier alpha value is -3.62. The summed E-state index contributed by atoms with van der Waals surface area (Å²) in [6, 6.07) is 11.9. The second-order valence-electron chi connectivity index (χ2n) is 5.95. The fourth-order valence-electron chi connectivity index (χ4n) is 2.62. The topological polar surface area (TPSA) is 77.0 Å². The second-order valence-corrected chi connectivity index (χ2v) is 5.95. The number of anilines is 2. The van der Waals surface area contributed by atoms with E-state index >= 15 is 0 Å². The van der Waals surface area contributed by atoms with E-state index in [1.165, 1.54) is 18.3 Å². The lowest BCUT2D eigenvalue weighted by Crippen LogP contribution is -2.04. The Morgan fingerprint density at radius 2 is 1.57 bits per heavy atom. The van der Waals surface area contributed by atoms with Gasteiger partial charge in [-0.25, -0.2) is 0 Å². The molecule has 0 aliphatic heterocycles. The van der Waals surface area contributed by atoms with Crippen LogP contribution < -0.4 is 5.32 Å². The van der Waals surface area contributed by atoms with E-state index in [2.05, 4.69) is 20.7 Å². The Balaban J connectivity index is 1.63. The van der Waals surface area contributed by atoms with Crippen molar-refractivity contribution in [2.75, 3.05) is 5.32 Å². The van der Waals surface area contributed by atoms with Gasteiger partial charge in [-0.15, -0.1) is 10.2 Å². The zero-order chi connectivity index (χ0) is 19.7. The van der Waals surface area contributed by atoms with Crippen LogP contribution in [0, 0.1) is 6.92 Å². The molecule has 4 rings (SSSR count). The first-order chi connectivity index (χ1) is 13.4. The van der Waals surface area contributed by atoms with Crippen LogP contribution in [0.2, 0.25) is 0 Å². The van der Waals surface area contributed by atoms with Gasteiger partial charge >= 0.3 is 6.18 Å². The molecule has 2 aromatic carbocycles. The monoisotopic (exact) mass is 386 g/mol. The molecular weight excluding hydrogens is 373 g/mol. The normalized spacial score (nSPS) is 11.6. The summed E-state index contributed by atoms with van der Waals surface area (Å²) in [6.07, 6.45) is -2.89. The Bertz CT molecular complexity index is 1100. The van der Waals surface area contributed by atoms with Gasteiger partial charge in [0.25, 0.3) is 5.89 Å². The summed E-state index contributed by atoms with van der Waals surface area (Å²) in [5.74, 6) is 1.06. The molecule has 0 unspecified atom stereocenters. The van der Waals surface area contributed by atoms with Gasteiger partial charge in [-0.3, -0.25) is 0 Å². The number of rotatable bonds is 4. The molecule has 6 nitrogen and oxygen atoms in total. The molecule has 0 aliphatic rings. The molecule has 1 N–H and O–H groups in total. The van der Waals surface area contributed by atoms with Gasteiger partial charge in [0.1, 0.15) is 11.3 Å². The summed E-state index contributed by atoms with van der Waals surface area (Å²) in [6.45, 7) is 1.73. The quantitative estimate of drug-likeness (QED) is 0.502. The number of aryl methyl sites for hydroxylation is 1. The third kappa shape index (κ3) is 3.46. The minimum Gasteiger partial charge on any atom is -0.416 e. The van der Waals surface area contributed by atoms with Gasteiger partial charge in [-0.05, 0) is 43.3 Å². The molecule has 0 atom stereocenters. The van der Waals surface area contributed by atoms with Crippen LogP contribution in [0.5, 0.6) is 0 Å². The number of para-hydroxylation sites is 1. The average Bonchev–Trinajstić information content (AvgIpc) is 3.31. The van der Waals surface area contributed by atoms with E-state index in [1.54, 1.807) is 31.2 Å². The van der Waals surface area contributed by atoms with E-state index in [-0.39, 0.29) is 11.8 Å². The van der Waals surface area contributed by atoms with Crippen molar-refractivity contribution in [2.24, 2.45) is 0 Å². The number of nitrogens with zero attached hydrogens (tertiary/aromatic N) is 3. The summed E-state index contributed by atoms with van der Waals surface area (Å²) in [7, 11) is 0. The second kappa shape index (κ2) is 6.84. The molecule has 0 aliphatic carbocycles. The van der Waals surface area contributed by atoms with Crippen molar-refractivity contribution in [3.8, 4) is 22.9 Å². The van der Waals surface area contributed by atoms with Crippen molar-refractivity contribution in [1.82, 2.24) is 15.4 Å². The number of nitrogens with one attached hydrogen (secondary N) is 1. The largest absolute Gasteiger partial charge is 0.416 e. The Morgan fingerprint density at radius 3 is 2.21 bits per heavy atom. The SMILES string of the molecule is Cc1oncc1-c1nnc(-c2ccccc2Nc2ccc(C(F)(F)F)cc2)o1. The lowest BCUT2D eigenvalue weighted by atomic mass is 10.1. The molecule has 0 radical (unpaired) electrons. The van der Waals surface area contributed by atoms with Crippen LogP contribution in [0.1, 0.15) is 11.3 Å². The summed E-state index contributed by atoms with van der Waals surface area (Å²) >= 11 is 0. The molecule has 4 aromatic rings. The lowest BCUT2D eigenvalue weighted by molar-refractivity contribution is -0.137. The molecule has 0 amide bonds. The van der Waals surface area contributed by atoms with Gasteiger partial charge in [0, 0.05) is 5.69 Å². The Morgan fingerprint density at radius 1 is 0.893 bits per heavy atom. The number of hydrogen-bond acceptors (Lipinski definition) is 6. The summed E-state index contributed by atoms with van der Waals surface area (Å²) in [5, 5.41) is 14.8. The first-order valence-electron chi connectivity index (χ1n) is 8.20. The minimum atomic E-state index is -4.38. The highest BCUT2D eigenvalue weighted by molar-refractivity contribution is 5.77. The Kier molecular flexibility index (Phi) is 4.34.